The number of carbonyl (C=O) groups excluding carboxylic acids is 3. The highest BCUT2D eigenvalue weighted by molar-refractivity contribution is 7.09. The Morgan fingerprint density at radius 3 is 2.26 bits per heavy atom. The van der Waals surface area contributed by atoms with Crippen LogP contribution in [0.15, 0.2) is 24.3 Å². The SMILES string of the molecule is CCCCOc1ccc(N(C(=O)c2snc(C(N)=O)c2N)[C@@H](CCCC)C(=O)NC(C)(C)C)cc1. The number of aromatic nitrogens is 1. The summed E-state index contributed by atoms with van der Waals surface area (Å²) in [4.78, 5) is 40.4. The molecular formula is C25H37N5O4S. The molecule has 2 aromatic rings. The number of nitrogens with two attached hydrogens (primary N) is 2. The molecule has 1 aromatic heterocycles. The van der Waals surface area contributed by atoms with Crippen molar-refractivity contribution < 1.29 is 19.1 Å². The van der Waals surface area contributed by atoms with E-state index in [0.29, 0.717) is 24.5 Å². The summed E-state index contributed by atoms with van der Waals surface area (Å²) in [6, 6.07) is 6.24. The van der Waals surface area contributed by atoms with Gasteiger partial charge in [0.15, 0.2) is 5.69 Å². The van der Waals surface area contributed by atoms with Gasteiger partial charge in [0.25, 0.3) is 11.8 Å². The van der Waals surface area contributed by atoms with E-state index in [1.54, 1.807) is 24.3 Å². The van der Waals surface area contributed by atoms with Crippen molar-refractivity contribution in [1.29, 1.82) is 0 Å². The quantitative estimate of drug-likeness (QED) is 0.372. The van der Waals surface area contributed by atoms with Gasteiger partial charge in [-0.25, -0.2) is 0 Å². The van der Waals surface area contributed by atoms with Gasteiger partial charge in [0.2, 0.25) is 5.91 Å². The summed E-state index contributed by atoms with van der Waals surface area (Å²) in [6.07, 6.45) is 3.98. The van der Waals surface area contributed by atoms with Crippen molar-refractivity contribution in [2.45, 2.75) is 78.3 Å². The van der Waals surface area contributed by atoms with Crippen molar-refractivity contribution in [2.75, 3.05) is 17.2 Å². The van der Waals surface area contributed by atoms with Crippen LogP contribution in [0.5, 0.6) is 5.75 Å². The maximum absolute atomic E-state index is 13.8. The first-order chi connectivity index (χ1) is 16.5. The van der Waals surface area contributed by atoms with Gasteiger partial charge in [-0.05, 0) is 69.4 Å². The van der Waals surface area contributed by atoms with Crippen molar-refractivity contribution in [3.8, 4) is 5.75 Å². The number of nitrogens with one attached hydrogen (secondary N) is 1. The standard InChI is InChI=1S/C25H37N5O4S/c1-6-8-10-18(23(32)28-25(3,4)5)30(16-11-13-17(14-12-16)34-15-9-7-2)24(33)21-19(26)20(22(27)31)29-35-21/h11-14,18H,6-10,15,26H2,1-5H3,(H2,27,31)(H,28,32)/t18-/m0/s1. The minimum atomic E-state index is -0.814. The Morgan fingerprint density at radius 1 is 1.11 bits per heavy atom. The Labute approximate surface area is 211 Å². The lowest BCUT2D eigenvalue weighted by molar-refractivity contribution is -0.123. The number of nitrogen functional groups attached to an aromatic ring is 1. The van der Waals surface area contributed by atoms with E-state index in [-0.39, 0.29) is 22.2 Å². The van der Waals surface area contributed by atoms with Gasteiger partial charge in [-0.15, -0.1) is 0 Å². The summed E-state index contributed by atoms with van der Waals surface area (Å²) in [5, 5.41) is 2.99. The topological polar surface area (TPSA) is 141 Å². The minimum absolute atomic E-state index is 0.0622. The number of hydrogen-bond donors (Lipinski definition) is 3. The van der Waals surface area contributed by atoms with Gasteiger partial charge in [-0.2, -0.15) is 4.37 Å². The number of carbonyl (C=O) groups is 3. The molecule has 5 N–H and O–H groups in total. The van der Waals surface area contributed by atoms with Crippen LogP contribution in [0, 0.1) is 0 Å². The molecule has 35 heavy (non-hydrogen) atoms. The largest absolute Gasteiger partial charge is 0.494 e. The summed E-state index contributed by atoms with van der Waals surface area (Å²) in [5.41, 5.74) is 11.2. The molecule has 0 radical (unpaired) electrons. The van der Waals surface area contributed by atoms with Crippen LogP contribution in [-0.4, -0.2) is 40.3 Å². The molecule has 3 amide bonds. The number of primary amides is 1. The van der Waals surface area contributed by atoms with Crippen LogP contribution in [0.1, 0.15) is 86.9 Å². The second-order valence-corrected chi connectivity index (χ2v) is 10.2. The van der Waals surface area contributed by atoms with Crippen LogP contribution >= 0.6 is 11.5 Å². The van der Waals surface area contributed by atoms with Gasteiger partial charge in [0.05, 0.1) is 12.3 Å². The van der Waals surface area contributed by atoms with Crippen LogP contribution in [-0.2, 0) is 4.79 Å². The van der Waals surface area contributed by atoms with Gasteiger partial charge >= 0.3 is 0 Å². The number of unbranched alkanes of at least 4 members (excludes halogenated alkanes) is 2. The molecule has 0 unspecified atom stereocenters. The Morgan fingerprint density at radius 2 is 1.74 bits per heavy atom. The zero-order chi connectivity index (χ0) is 26.2. The number of rotatable bonds is 12. The summed E-state index contributed by atoms with van der Waals surface area (Å²) >= 11 is 0.795. The Kier molecular flexibility index (Phi) is 10.1. The van der Waals surface area contributed by atoms with Gasteiger partial charge in [-0.3, -0.25) is 19.3 Å². The van der Waals surface area contributed by atoms with Gasteiger partial charge in [0.1, 0.15) is 16.7 Å². The fraction of sp³-hybridized carbons (Fsp3) is 0.520. The summed E-state index contributed by atoms with van der Waals surface area (Å²) < 4.78 is 9.72. The Hall–Kier alpha value is -3.14. The van der Waals surface area contributed by atoms with E-state index in [2.05, 4.69) is 16.6 Å². The van der Waals surface area contributed by atoms with Crippen LogP contribution in [0.4, 0.5) is 11.4 Å². The second kappa shape index (κ2) is 12.5. The third-order valence-corrected chi connectivity index (χ3v) is 6.05. The molecule has 1 heterocycles. The predicted molar refractivity (Wildman–Crippen MR) is 140 cm³/mol. The average molecular weight is 504 g/mol. The van der Waals surface area contributed by atoms with Crippen LogP contribution in [0.2, 0.25) is 0 Å². The van der Waals surface area contributed by atoms with Crippen LogP contribution < -0.4 is 26.4 Å². The molecule has 1 aromatic carbocycles. The van der Waals surface area contributed by atoms with Gasteiger partial charge in [0, 0.05) is 11.2 Å². The lowest BCUT2D eigenvalue weighted by atomic mass is 10.0. The highest BCUT2D eigenvalue weighted by Crippen LogP contribution is 2.30. The maximum Gasteiger partial charge on any atom is 0.272 e. The Balaban J connectivity index is 2.54. The van der Waals surface area contributed by atoms with Crippen molar-refractivity contribution in [3.63, 3.8) is 0 Å². The monoisotopic (exact) mass is 503 g/mol. The van der Waals surface area contributed by atoms with E-state index in [4.69, 9.17) is 16.2 Å². The van der Waals surface area contributed by atoms with Gasteiger partial charge < -0.3 is 21.5 Å². The number of nitrogens with zero attached hydrogens (tertiary/aromatic N) is 2. The lowest BCUT2D eigenvalue weighted by Gasteiger charge is -2.33. The molecule has 192 valence electrons. The first kappa shape index (κ1) is 28.1. The Bertz CT molecular complexity index is 1010. The average Bonchev–Trinajstić information content (AvgIpc) is 3.17. The molecule has 1 atom stereocenters. The molecule has 0 aliphatic carbocycles. The fourth-order valence-electron chi connectivity index (χ4n) is 3.44. The molecule has 0 aliphatic rings. The molecule has 2 rings (SSSR count). The smallest absolute Gasteiger partial charge is 0.272 e. The summed E-state index contributed by atoms with van der Waals surface area (Å²) in [5.74, 6) is -0.934. The molecule has 0 saturated heterocycles. The molecule has 0 fully saturated rings. The third-order valence-electron chi connectivity index (χ3n) is 5.20. The zero-order valence-electron chi connectivity index (χ0n) is 21.2. The summed E-state index contributed by atoms with van der Waals surface area (Å²) in [7, 11) is 0. The molecule has 0 spiro atoms. The van der Waals surface area contributed by atoms with Crippen molar-refractivity contribution in [2.24, 2.45) is 5.73 Å². The fourth-order valence-corrected chi connectivity index (χ4v) is 4.18. The molecule has 9 nitrogen and oxygen atoms in total. The molecule has 10 heteroatoms. The van der Waals surface area contributed by atoms with E-state index in [9.17, 15) is 14.4 Å². The number of benzene rings is 1. The van der Waals surface area contributed by atoms with E-state index in [0.717, 1.165) is 37.2 Å². The van der Waals surface area contributed by atoms with Crippen LogP contribution in [0.3, 0.4) is 0 Å². The minimum Gasteiger partial charge on any atom is -0.494 e. The van der Waals surface area contributed by atoms with Crippen molar-refractivity contribution in [3.05, 3.63) is 34.8 Å². The highest BCUT2D eigenvalue weighted by atomic mass is 32.1. The second-order valence-electron chi connectivity index (χ2n) is 9.41. The van der Waals surface area contributed by atoms with E-state index in [1.807, 2.05) is 27.7 Å². The van der Waals surface area contributed by atoms with Crippen LogP contribution in [0.25, 0.3) is 0 Å². The first-order valence-electron chi connectivity index (χ1n) is 11.9. The predicted octanol–water partition coefficient (Wildman–Crippen LogP) is 4.12. The van der Waals surface area contributed by atoms with E-state index >= 15 is 0 Å². The number of hydrogen-bond acceptors (Lipinski definition) is 7. The highest BCUT2D eigenvalue weighted by Gasteiger charge is 2.35. The normalized spacial score (nSPS) is 12.1. The molecule has 0 saturated carbocycles. The molecule has 0 aliphatic heterocycles. The van der Waals surface area contributed by atoms with Crippen molar-refractivity contribution >= 4 is 40.6 Å². The zero-order valence-corrected chi connectivity index (χ0v) is 22.0. The number of anilines is 2. The number of ether oxygens (including phenoxy) is 1. The van der Waals surface area contributed by atoms with E-state index < -0.39 is 23.4 Å². The van der Waals surface area contributed by atoms with Crippen molar-refractivity contribution in [1.82, 2.24) is 9.69 Å². The first-order valence-corrected chi connectivity index (χ1v) is 12.7. The maximum atomic E-state index is 13.8. The molecular weight excluding hydrogens is 466 g/mol. The van der Waals surface area contributed by atoms with E-state index in [1.165, 1.54) is 4.90 Å². The third kappa shape index (κ3) is 7.68. The lowest BCUT2D eigenvalue weighted by Crippen LogP contribution is -2.54. The molecule has 0 bridgehead atoms. The number of amides is 3. The van der Waals surface area contributed by atoms with Gasteiger partial charge in [-0.1, -0.05) is 33.1 Å². The summed E-state index contributed by atoms with van der Waals surface area (Å²) in [6.45, 7) is 10.4.